The molecule has 5 nitrogen and oxygen atoms in total. The molecule has 0 radical (unpaired) electrons. The summed E-state index contributed by atoms with van der Waals surface area (Å²) in [6.07, 6.45) is -2.14. The molecule has 0 bridgehead atoms. The second-order valence-electron chi connectivity index (χ2n) is 6.94. The Balaban J connectivity index is 1.90. The summed E-state index contributed by atoms with van der Waals surface area (Å²) in [6.45, 7) is 2.50. The fraction of sp³-hybridized carbons (Fsp3) is 0.350. The van der Waals surface area contributed by atoms with Crippen LogP contribution in [0.25, 0.3) is 0 Å². The summed E-state index contributed by atoms with van der Waals surface area (Å²) >= 11 is 0. The fourth-order valence-corrected chi connectivity index (χ4v) is 5.09. The SMILES string of the molecule is Cc1ccc(NC(=O)c2ccccc2C(F)(F)F)cc1S(=O)(=O)N1CCCCC1. The highest BCUT2D eigenvalue weighted by molar-refractivity contribution is 7.89. The molecule has 9 heteroatoms. The molecule has 156 valence electrons. The van der Waals surface area contributed by atoms with Gasteiger partial charge in [0, 0.05) is 18.8 Å². The Morgan fingerprint density at radius 2 is 1.69 bits per heavy atom. The number of anilines is 1. The first-order chi connectivity index (χ1) is 13.6. The number of alkyl halides is 3. The Labute approximate surface area is 167 Å². The Morgan fingerprint density at radius 1 is 1.03 bits per heavy atom. The number of aryl methyl sites for hydroxylation is 1. The van der Waals surface area contributed by atoms with Gasteiger partial charge in [0.2, 0.25) is 10.0 Å². The number of carbonyl (C=O) groups excluding carboxylic acids is 1. The predicted molar refractivity (Wildman–Crippen MR) is 103 cm³/mol. The van der Waals surface area contributed by atoms with Crippen LogP contribution in [0.1, 0.15) is 40.7 Å². The van der Waals surface area contributed by atoms with Crippen LogP contribution in [0.3, 0.4) is 0 Å². The lowest BCUT2D eigenvalue weighted by atomic mass is 10.1. The van der Waals surface area contributed by atoms with Gasteiger partial charge in [-0.05, 0) is 49.6 Å². The zero-order valence-corrected chi connectivity index (χ0v) is 16.6. The summed E-state index contributed by atoms with van der Waals surface area (Å²) in [7, 11) is -3.75. The lowest BCUT2D eigenvalue weighted by Crippen LogP contribution is -2.36. The van der Waals surface area contributed by atoms with E-state index in [-0.39, 0.29) is 10.6 Å². The topological polar surface area (TPSA) is 66.5 Å². The molecule has 0 spiro atoms. The maximum Gasteiger partial charge on any atom is 0.417 e. The Kier molecular flexibility index (Phi) is 6.00. The van der Waals surface area contributed by atoms with Crippen molar-refractivity contribution in [3.05, 3.63) is 59.2 Å². The van der Waals surface area contributed by atoms with Gasteiger partial charge in [0.15, 0.2) is 0 Å². The molecule has 0 atom stereocenters. The van der Waals surface area contributed by atoms with Crippen LogP contribution in [-0.2, 0) is 16.2 Å². The van der Waals surface area contributed by atoms with Crippen LogP contribution in [-0.4, -0.2) is 31.7 Å². The van der Waals surface area contributed by atoms with Crippen molar-refractivity contribution < 1.29 is 26.4 Å². The summed E-state index contributed by atoms with van der Waals surface area (Å²) in [6, 6.07) is 8.75. The number of hydrogen-bond acceptors (Lipinski definition) is 3. The summed E-state index contributed by atoms with van der Waals surface area (Å²) in [4.78, 5) is 12.5. The molecule has 1 saturated heterocycles. The first kappa shape index (κ1) is 21.3. The van der Waals surface area contributed by atoms with E-state index in [0.717, 1.165) is 31.4 Å². The van der Waals surface area contributed by atoms with Crippen LogP contribution < -0.4 is 5.32 Å². The number of rotatable bonds is 4. The number of piperidine rings is 1. The first-order valence-electron chi connectivity index (χ1n) is 9.19. The highest BCUT2D eigenvalue weighted by atomic mass is 32.2. The quantitative estimate of drug-likeness (QED) is 0.786. The molecule has 1 N–H and O–H groups in total. The molecule has 1 amide bonds. The van der Waals surface area contributed by atoms with Crippen LogP contribution in [0.4, 0.5) is 18.9 Å². The number of nitrogens with one attached hydrogen (secondary N) is 1. The molecule has 1 aliphatic rings. The molecule has 1 fully saturated rings. The van der Waals surface area contributed by atoms with Crippen LogP contribution in [0, 0.1) is 6.92 Å². The average Bonchev–Trinajstić information content (AvgIpc) is 2.69. The molecular weight excluding hydrogens is 405 g/mol. The number of hydrogen-bond donors (Lipinski definition) is 1. The van der Waals surface area contributed by atoms with E-state index >= 15 is 0 Å². The molecule has 0 saturated carbocycles. The van der Waals surface area contributed by atoms with Gasteiger partial charge < -0.3 is 5.32 Å². The lowest BCUT2D eigenvalue weighted by molar-refractivity contribution is -0.137. The molecule has 1 aliphatic heterocycles. The standard InChI is InChI=1S/C20H21F3N2O3S/c1-14-9-10-15(13-18(14)29(27,28)25-11-5-2-6-12-25)24-19(26)16-7-3-4-8-17(16)20(21,22)23/h3-4,7-10,13H,2,5-6,11-12H2,1H3,(H,24,26). The van der Waals surface area contributed by atoms with Crippen LogP contribution >= 0.6 is 0 Å². The third kappa shape index (κ3) is 4.62. The van der Waals surface area contributed by atoms with E-state index in [2.05, 4.69) is 5.32 Å². The lowest BCUT2D eigenvalue weighted by Gasteiger charge is -2.26. The van der Waals surface area contributed by atoms with E-state index in [0.29, 0.717) is 18.7 Å². The van der Waals surface area contributed by atoms with Crippen molar-refractivity contribution in [3.63, 3.8) is 0 Å². The molecule has 3 rings (SSSR count). The maximum absolute atomic E-state index is 13.2. The zero-order valence-electron chi connectivity index (χ0n) is 15.8. The molecule has 2 aromatic rings. The fourth-order valence-electron chi connectivity index (χ4n) is 3.33. The average molecular weight is 426 g/mol. The van der Waals surface area contributed by atoms with Gasteiger partial charge >= 0.3 is 6.18 Å². The van der Waals surface area contributed by atoms with E-state index < -0.39 is 33.2 Å². The second kappa shape index (κ2) is 8.16. The minimum Gasteiger partial charge on any atom is -0.322 e. The van der Waals surface area contributed by atoms with Gasteiger partial charge in [-0.25, -0.2) is 8.42 Å². The molecule has 29 heavy (non-hydrogen) atoms. The van der Waals surface area contributed by atoms with Gasteiger partial charge in [-0.15, -0.1) is 0 Å². The van der Waals surface area contributed by atoms with Crippen molar-refractivity contribution in [2.45, 2.75) is 37.3 Å². The van der Waals surface area contributed by atoms with Crippen LogP contribution in [0.15, 0.2) is 47.4 Å². The zero-order chi connectivity index (χ0) is 21.2. The van der Waals surface area contributed by atoms with E-state index in [1.807, 2.05) is 0 Å². The van der Waals surface area contributed by atoms with E-state index in [1.54, 1.807) is 6.92 Å². The number of carbonyl (C=O) groups is 1. The van der Waals surface area contributed by atoms with Crippen LogP contribution in [0.5, 0.6) is 0 Å². The Hall–Kier alpha value is -2.39. The molecule has 2 aromatic carbocycles. The number of benzene rings is 2. The van der Waals surface area contributed by atoms with Gasteiger partial charge in [-0.1, -0.05) is 24.6 Å². The van der Waals surface area contributed by atoms with Gasteiger partial charge in [0.25, 0.3) is 5.91 Å². The summed E-state index contributed by atoms with van der Waals surface area (Å²) < 4.78 is 66.8. The minimum absolute atomic E-state index is 0.0429. The first-order valence-corrected chi connectivity index (χ1v) is 10.6. The highest BCUT2D eigenvalue weighted by Gasteiger charge is 2.35. The number of nitrogens with zero attached hydrogens (tertiary/aromatic N) is 1. The van der Waals surface area contributed by atoms with Crippen molar-refractivity contribution in [2.75, 3.05) is 18.4 Å². The molecule has 1 heterocycles. The highest BCUT2D eigenvalue weighted by Crippen LogP contribution is 2.32. The van der Waals surface area contributed by atoms with Gasteiger partial charge in [0.1, 0.15) is 0 Å². The Bertz CT molecular complexity index is 1010. The number of sulfonamides is 1. The van der Waals surface area contributed by atoms with Gasteiger partial charge in [-0.3, -0.25) is 4.79 Å². The smallest absolute Gasteiger partial charge is 0.322 e. The largest absolute Gasteiger partial charge is 0.417 e. The molecule has 0 unspecified atom stereocenters. The Morgan fingerprint density at radius 3 is 2.34 bits per heavy atom. The minimum atomic E-state index is -4.68. The molecule has 0 aromatic heterocycles. The van der Waals surface area contributed by atoms with Gasteiger partial charge in [-0.2, -0.15) is 17.5 Å². The third-order valence-electron chi connectivity index (χ3n) is 4.86. The predicted octanol–water partition coefficient (Wildman–Crippen LogP) is 4.44. The summed E-state index contributed by atoms with van der Waals surface area (Å²) in [5.74, 6) is -0.955. The van der Waals surface area contributed by atoms with Crippen molar-refractivity contribution in [3.8, 4) is 0 Å². The van der Waals surface area contributed by atoms with E-state index in [4.69, 9.17) is 0 Å². The van der Waals surface area contributed by atoms with Crippen molar-refractivity contribution in [1.82, 2.24) is 4.31 Å². The number of amides is 1. The van der Waals surface area contributed by atoms with Gasteiger partial charge in [0.05, 0.1) is 16.0 Å². The summed E-state index contributed by atoms with van der Waals surface area (Å²) in [5, 5.41) is 2.39. The van der Waals surface area contributed by atoms with Crippen molar-refractivity contribution in [2.24, 2.45) is 0 Å². The summed E-state index contributed by atoms with van der Waals surface area (Å²) in [5.41, 5.74) is -0.954. The van der Waals surface area contributed by atoms with E-state index in [1.165, 1.54) is 34.6 Å². The van der Waals surface area contributed by atoms with E-state index in [9.17, 15) is 26.4 Å². The maximum atomic E-state index is 13.2. The second-order valence-corrected chi connectivity index (χ2v) is 8.85. The normalized spacial score (nSPS) is 15.9. The van der Waals surface area contributed by atoms with Crippen molar-refractivity contribution >= 4 is 21.6 Å². The monoisotopic (exact) mass is 426 g/mol. The van der Waals surface area contributed by atoms with Crippen LogP contribution in [0.2, 0.25) is 0 Å². The molecule has 0 aliphatic carbocycles. The molecular formula is C20H21F3N2O3S. The third-order valence-corrected chi connectivity index (χ3v) is 6.90. The van der Waals surface area contributed by atoms with Crippen molar-refractivity contribution in [1.29, 1.82) is 0 Å². The number of halogens is 3.